The Labute approximate surface area is 101 Å². The van der Waals surface area contributed by atoms with Crippen LogP contribution in [0.1, 0.15) is 29.8 Å². The Morgan fingerprint density at radius 2 is 2.12 bits per heavy atom. The van der Waals surface area contributed by atoms with E-state index in [1.54, 1.807) is 6.26 Å². The van der Waals surface area contributed by atoms with E-state index in [1.165, 1.54) is 5.56 Å². The van der Waals surface area contributed by atoms with Gasteiger partial charge in [-0.1, -0.05) is 12.1 Å². The SMILES string of the molecule is Cc1ccc(C)c(Nc2nc(C(C)N)co2)c1. The normalized spacial score (nSPS) is 12.5. The lowest BCUT2D eigenvalue weighted by atomic mass is 10.1. The average molecular weight is 231 g/mol. The van der Waals surface area contributed by atoms with E-state index in [9.17, 15) is 0 Å². The molecule has 0 aliphatic rings. The van der Waals surface area contributed by atoms with E-state index in [0.717, 1.165) is 16.9 Å². The van der Waals surface area contributed by atoms with Gasteiger partial charge in [-0.2, -0.15) is 4.98 Å². The summed E-state index contributed by atoms with van der Waals surface area (Å²) in [7, 11) is 0. The summed E-state index contributed by atoms with van der Waals surface area (Å²) in [5.41, 5.74) is 9.82. The molecule has 1 aromatic heterocycles. The van der Waals surface area contributed by atoms with E-state index >= 15 is 0 Å². The van der Waals surface area contributed by atoms with Gasteiger partial charge in [-0.05, 0) is 38.0 Å². The van der Waals surface area contributed by atoms with Crippen LogP contribution in [0.25, 0.3) is 0 Å². The molecule has 4 heteroatoms. The molecule has 1 aromatic carbocycles. The van der Waals surface area contributed by atoms with Crippen LogP contribution in [-0.2, 0) is 0 Å². The van der Waals surface area contributed by atoms with Gasteiger partial charge in [-0.3, -0.25) is 0 Å². The number of anilines is 2. The number of hydrogen-bond acceptors (Lipinski definition) is 4. The van der Waals surface area contributed by atoms with Gasteiger partial charge in [0.25, 0.3) is 6.01 Å². The highest BCUT2D eigenvalue weighted by molar-refractivity contribution is 5.58. The van der Waals surface area contributed by atoms with Crippen molar-refractivity contribution in [1.29, 1.82) is 0 Å². The number of rotatable bonds is 3. The molecule has 0 spiro atoms. The first-order chi connectivity index (χ1) is 8.06. The second-order valence-electron chi connectivity index (χ2n) is 4.31. The van der Waals surface area contributed by atoms with Crippen molar-refractivity contribution in [2.45, 2.75) is 26.8 Å². The molecule has 0 fully saturated rings. The Hall–Kier alpha value is -1.81. The highest BCUT2D eigenvalue weighted by Gasteiger charge is 2.08. The molecule has 0 amide bonds. The zero-order chi connectivity index (χ0) is 12.4. The third kappa shape index (κ3) is 2.65. The maximum absolute atomic E-state index is 5.72. The fourth-order valence-electron chi connectivity index (χ4n) is 1.54. The van der Waals surface area contributed by atoms with Crippen molar-refractivity contribution in [3.63, 3.8) is 0 Å². The van der Waals surface area contributed by atoms with Gasteiger partial charge in [0.1, 0.15) is 6.26 Å². The molecule has 0 aliphatic carbocycles. The highest BCUT2D eigenvalue weighted by Crippen LogP contribution is 2.22. The standard InChI is InChI=1S/C13H17N3O/c1-8-4-5-9(2)11(6-8)15-13-16-12(7-17-13)10(3)14/h4-7,10H,14H2,1-3H3,(H,15,16). The second kappa shape index (κ2) is 4.59. The molecule has 3 N–H and O–H groups in total. The highest BCUT2D eigenvalue weighted by atomic mass is 16.4. The Morgan fingerprint density at radius 3 is 2.76 bits per heavy atom. The van der Waals surface area contributed by atoms with Crippen LogP contribution in [0.15, 0.2) is 28.9 Å². The monoisotopic (exact) mass is 231 g/mol. The van der Waals surface area contributed by atoms with E-state index in [2.05, 4.69) is 28.5 Å². The molecule has 90 valence electrons. The minimum Gasteiger partial charge on any atom is -0.432 e. The maximum atomic E-state index is 5.72. The minimum atomic E-state index is -0.118. The van der Waals surface area contributed by atoms with Crippen molar-refractivity contribution in [3.8, 4) is 0 Å². The van der Waals surface area contributed by atoms with E-state index < -0.39 is 0 Å². The summed E-state index contributed by atoms with van der Waals surface area (Å²) < 4.78 is 5.32. The summed E-state index contributed by atoms with van der Waals surface area (Å²) in [5, 5.41) is 3.15. The minimum absolute atomic E-state index is 0.118. The molecular weight excluding hydrogens is 214 g/mol. The van der Waals surface area contributed by atoms with Crippen molar-refractivity contribution in [2.75, 3.05) is 5.32 Å². The van der Waals surface area contributed by atoms with Gasteiger partial charge in [0.2, 0.25) is 0 Å². The molecule has 1 atom stereocenters. The molecule has 2 rings (SSSR count). The molecule has 0 saturated carbocycles. The van der Waals surface area contributed by atoms with Crippen molar-refractivity contribution in [2.24, 2.45) is 5.73 Å². The number of oxazole rings is 1. The Balaban J connectivity index is 2.22. The van der Waals surface area contributed by atoms with Crippen LogP contribution in [0.3, 0.4) is 0 Å². The number of nitrogens with two attached hydrogens (primary N) is 1. The first-order valence-electron chi connectivity index (χ1n) is 5.61. The van der Waals surface area contributed by atoms with Crippen molar-refractivity contribution in [1.82, 2.24) is 4.98 Å². The number of aromatic nitrogens is 1. The molecule has 2 aromatic rings. The summed E-state index contributed by atoms with van der Waals surface area (Å²) in [5.74, 6) is 0. The number of benzene rings is 1. The third-order valence-electron chi connectivity index (χ3n) is 2.62. The zero-order valence-corrected chi connectivity index (χ0v) is 10.3. The molecule has 17 heavy (non-hydrogen) atoms. The van der Waals surface area contributed by atoms with Crippen molar-refractivity contribution in [3.05, 3.63) is 41.3 Å². The lowest BCUT2D eigenvalue weighted by Gasteiger charge is -2.06. The van der Waals surface area contributed by atoms with Crippen LogP contribution < -0.4 is 11.1 Å². The summed E-state index contributed by atoms with van der Waals surface area (Å²) >= 11 is 0. The van der Waals surface area contributed by atoms with Crippen molar-refractivity contribution < 1.29 is 4.42 Å². The van der Waals surface area contributed by atoms with Gasteiger partial charge in [0.05, 0.1) is 5.69 Å². The van der Waals surface area contributed by atoms with E-state index in [0.29, 0.717) is 6.01 Å². The summed E-state index contributed by atoms with van der Waals surface area (Å²) in [6.45, 7) is 5.96. The predicted molar refractivity (Wildman–Crippen MR) is 68.3 cm³/mol. The van der Waals surface area contributed by atoms with Gasteiger partial charge in [0, 0.05) is 11.7 Å². The topological polar surface area (TPSA) is 64.1 Å². The van der Waals surface area contributed by atoms with Gasteiger partial charge in [-0.25, -0.2) is 0 Å². The van der Waals surface area contributed by atoms with Gasteiger partial charge < -0.3 is 15.5 Å². The zero-order valence-electron chi connectivity index (χ0n) is 10.3. The molecule has 0 saturated heterocycles. The predicted octanol–water partition coefficient (Wildman–Crippen LogP) is 3.05. The third-order valence-corrected chi connectivity index (χ3v) is 2.62. The summed E-state index contributed by atoms with van der Waals surface area (Å²) in [4.78, 5) is 4.27. The first kappa shape index (κ1) is 11.7. The Kier molecular flexibility index (Phi) is 3.15. The summed E-state index contributed by atoms with van der Waals surface area (Å²) in [6, 6.07) is 6.56. The molecule has 0 bridgehead atoms. The van der Waals surface area contributed by atoms with E-state index in [-0.39, 0.29) is 6.04 Å². The van der Waals surface area contributed by atoms with Crippen LogP contribution in [0.2, 0.25) is 0 Å². The number of nitrogens with one attached hydrogen (secondary N) is 1. The number of nitrogens with zero attached hydrogens (tertiary/aromatic N) is 1. The average Bonchev–Trinajstić information content (AvgIpc) is 2.72. The van der Waals surface area contributed by atoms with Crippen LogP contribution in [-0.4, -0.2) is 4.98 Å². The van der Waals surface area contributed by atoms with Gasteiger partial charge >= 0.3 is 0 Å². The van der Waals surface area contributed by atoms with Gasteiger partial charge in [-0.15, -0.1) is 0 Å². The second-order valence-corrected chi connectivity index (χ2v) is 4.31. The van der Waals surface area contributed by atoms with Gasteiger partial charge in [0.15, 0.2) is 0 Å². The van der Waals surface area contributed by atoms with E-state index in [1.807, 2.05) is 20.8 Å². The molecule has 4 nitrogen and oxygen atoms in total. The fourth-order valence-corrected chi connectivity index (χ4v) is 1.54. The molecule has 0 aliphatic heterocycles. The molecule has 0 radical (unpaired) electrons. The lowest BCUT2D eigenvalue weighted by Crippen LogP contribution is -2.05. The van der Waals surface area contributed by atoms with Crippen LogP contribution in [0, 0.1) is 13.8 Å². The smallest absolute Gasteiger partial charge is 0.299 e. The van der Waals surface area contributed by atoms with Crippen molar-refractivity contribution >= 4 is 11.7 Å². The lowest BCUT2D eigenvalue weighted by molar-refractivity contribution is 0.573. The first-order valence-corrected chi connectivity index (χ1v) is 5.61. The number of aryl methyl sites for hydroxylation is 2. The largest absolute Gasteiger partial charge is 0.432 e. The molecule has 1 heterocycles. The molecular formula is C13H17N3O. The van der Waals surface area contributed by atoms with Crippen LogP contribution >= 0.6 is 0 Å². The number of hydrogen-bond donors (Lipinski definition) is 2. The quantitative estimate of drug-likeness (QED) is 0.852. The fraction of sp³-hybridized carbons (Fsp3) is 0.308. The van der Waals surface area contributed by atoms with Crippen LogP contribution in [0.5, 0.6) is 0 Å². The molecule has 1 unspecified atom stereocenters. The maximum Gasteiger partial charge on any atom is 0.299 e. The summed E-state index contributed by atoms with van der Waals surface area (Å²) in [6.07, 6.45) is 1.58. The Morgan fingerprint density at radius 1 is 1.35 bits per heavy atom. The Bertz CT molecular complexity index is 517. The van der Waals surface area contributed by atoms with E-state index in [4.69, 9.17) is 10.2 Å². The van der Waals surface area contributed by atoms with Crippen LogP contribution in [0.4, 0.5) is 11.7 Å².